The molecule has 1 aliphatic rings. The number of halogens is 1. The summed E-state index contributed by atoms with van der Waals surface area (Å²) in [5.41, 5.74) is 0. The van der Waals surface area contributed by atoms with Gasteiger partial charge < -0.3 is 9.64 Å². The summed E-state index contributed by atoms with van der Waals surface area (Å²) >= 11 is 1.41. The van der Waals surface area contributed by atoms with E-state index in [2.05, 4.69) is 0 Å². The molecule has 1 heterocycles. The highest BCUT2D eigenvalue weighted by Gasteiger charge is 2.20. The van der Waals surface area contributed by atoms with Crippen molar-refractivity contribution in [2.24, 2.45) is 0 Å². The summed E-state index contributed by atoms with van der Waals surface area (Å²) in [5, 5.41) is 0. The van der Waals surface area contributed by atoms with Crippen LogP contribution < -0.4 is 0 Å². The maximum absolute atomic E-state index is 13.2. The van der Waals surface area contributed by atoms with Crippen LogP contribution >= 0.6 is 11.8 Å². The number of benzene rings is 1. The van der Waals surface area contributed by atoms with E-state index >= 15 is 0 Å². The molecule has 1 aliphatic heterocycles. The van der Waals surface area contributed by atoms with Gasteiger partial charge in [0.25, 0.3) is 0 Å². The van der Waals surface area contributed by atoms with Crippen LogP contribution in [0.1, 0.15) is 0 Å². The summed E-state index contributed by atoms with van der Waals surface area (Å²) < 4.78 is 18.0. The maximum atomic E-state index is 13.2. The molecule has 0 spiro atoms. The molecule has 16 heavy (non-hydrogen) atoms. The maximum Gasteiger partial charge on any atom is 0.409 e. The molecule has 0 radical (unpaired) electrons. The summed E-state index contributed by atoms with van der Waals surface area (Å²) in [6, 6.07) is 6.64. The van der Waals surface area contributed by atoms with Crippen molar-refractivity contribution in [3.8, 4) is 0 Å². The van der Waals surface area contributed by atoms with Crippen LogP contribution in [0.5, 0.6) is 0 Å². The van der Waals surface area contributed by atoms with Gasteiger partial charge >= 0.3 is 6.09 Å². The first-order valence-corrected chi connectivity index (χ1v) is 6.05. The van der Waals surface area contributed by atoms with E-state index in [0.717, 1.165) is 0 Å². The third kappa shape index (κ3) is 2.66. The number of ether oxygens (including phenoxy) is 1. The fourth-order valence-electron chi connectivity index (χ4n) is 1.46. The van der Waals surface area contributed by atoms with Crippen LogP contribution in [0.4, 0.5) is 9.18 Å². The fourth-order valence-corrected chi connectivity index (χ4v) is 2.37. The van der Waals surface area contributed by atoms with Gasteiger partial charge in [-0.15, -0.1) is 11.8 Å². The zero-order valence-corrected chi connectivity index (χ0v) is 9.50. The number of amides is 1. The lowest BCUT2D eigenvalue weighted by molar-refractivity contribution is 0.160. The molecule has 0 bridgehead atoms. The number of thioether (sulfide) groups is 1. The van der Waals surface area contributed by atoms with Gasteiger partial charge in [0.05, 0.1) is 6.54 Å². The summed E-state index contributed by atoms with van der Waals surface area (Å²) in [6.07, 6.45) is -0.269. The van der Waals surface area contributed by atoms with Crippen LogP contribution in [0.3, 0.4) is 0 Å². The number of nitrogens with zero attached hydrogens (tertiary/aromatic N) is 1. The van der Waals surface area contributed by atoms with Gasteiger partial charge in [0, 0.05) is 17.2 Å². The summed E-state index contributed by atoms with van der Waals surface area (Å²) in [4.78, 5) is 13.4. The quantitative estimate of drug-likeness (QED) is 0.758. The Balaban J connectivity index is 1.80. The van der Waals surface area contributed by atoms with Gasteiger partial charge in [-0.2, -0.15) is 0 Å². The molecule has 3 nitrogen and oxygen atoms in total. The second-order valence-electron chi connectivity index (χ2n) is 3.38. The Hall–Kier alpha value is -1.23. The average Bonchev–Trinajstić information content (AvgIpc) is 2.67. The Morgan fingerprint density at radius 2 is 2.25 bits per heavy atom. The standard InChI is InChI=1S/C11H12FNO2S/c12-9-3-1-2-4-10(9)16-8-6-13-5-7-15-11(13)14/h1-4H,5-8H2. The fraction of sp³-hybridized carbons (Fsp3) is 0.364. The van der Waals surface area contributed by atoms with E-state index in [1.54, 1.807) is 23.1 Å². The van der Waals surface area contributed by atoms with E-state index in [1.807, 2.05) is 0 Å². The van der Waals surface area contributed by atoms with Crippen molar-refractivity contribution in [2.75, 3.05) is 25.4 Å². The number of carbonyl (C=O) groups is 1. The first-order valence-electron chi connectivity index (χ1n) is 5.06. The third-order valence-corrected chi connectivity index (χ3v) is 3.33. The van der Waals surface area contributed by atoms with E-state index in [4.69, 9.17) is 4.74 Å². The number of rotatable bonds is 4. The molecule has 0 aromatic heterocycles. The lowest BCUT2D eigenvalue weighted by Gasteiger charge is -2.11. The van der Waals surface area contributed by atoms with Crippen LogP contribution in [0.15, 0.2) is 29.2 Å². The van der Waals surface area contributed by atoms with Crippen molar-refractivity contribution in [2.45, 2.75) is 4.90 Å². The molecule has 0 saturated carbocycles. The Morgan fingerprint density at radius 3 is 2.94 bits per heavy atom. The topological polar surface area (TPSA) is 29.5 Å². The van der Waals surface area contributed by atoms with Crippen molar-refractivity contribution in [1.82, 2.24) is 4.90 Å². The highest BCUT2D eigenvalue weighted by molar-refractivity contribution is 7.99. The smallest absolute Gasteiger partial charge is 0.409 e. The van der Waals surface area contributed by atoms with Crippen LogP contribution in [0.2, 0.25) is 0 Å². The van der Waals surface area contributed by atoms with Crippen molar-refractivity contribution in [3.63, 3.8) is 0 Å². The molecule has 1 aromatic carbocycles. The minimum absolute atomic E-state index is 0.212. The molecule has 1 amide bonds. The van der Waals surface area contributed by atoms with Crippen molar-refractivity contribution < 1.29 is 13.9 Å². The van der Waals surface area contributed by atoms with E-state index in [0.29, 0.717) is 30.3 Å². The summed E-state index contributed by atoms with van der Waals surface area (Å²) in [7, 11) is 0. The minimum atomic E-state index is -0.269. The molecule has 1 fully saturated rings. The number of hydrogen-bond acceptors (Lipinski definition) is 3. The molecule has 0 N–H and O–H groups in total. The summed E-state index contributed by atoms with van der Waals surface area (Å²) in [6.45, 7) is 1.69. The van der Waals surface area contributed by atoms with Crippen molar-refractivity contribution in [3.05, 3.63) is 30.1 Å². The van der Waals surface area contributed by atoms with E-state index < -0.39 is 0 Å². The molecule has 0 atom stereocenters. The van der Waals surface area contributed by atoms with E-state index in [9.17, 15) is 9.18 Å². The lowest BCUT2D eigenvalue weighted by atomic mass is 10.3. The molecule has 0 aliphatic carbocycles. The second-order valence-corrected chi connectivity index (χ2v) is 4.52. The second kappa shape index (κ2) is 5.21. The van der Waals surface area contributed by atoms with Gasteiger partial charge in [-0.05, 0) is 12.1 Å². The predicted molar refractivity (Wildman–Crippen MR) is 60.0 cm³/mol. The average molecular weight is 241 g/mol. The molecule has 1 saturated heterocycles. The van der Waals surface area contributed by atoms with E-state index in [-0.39, 0.29) is 11.9 Å². The molecule has 2 rings (SSSR count). The number of hydrogen-bond donors (Lipinski definition) is 0. The number of cyclic esters (lactones) is 1. The largest absolute Gasteiger partial charge is 0.448 e. The Morgan fingerprint density at radius 1 is 1.44 bits per heavy atom. The molecule has 1 aromatic rings. The first kappa shape index (κ1) is 11.3. The van der Waals surface area contributed by atoms with Crippen molar-refractivity contribution >= 4 is 17.9 Å². The zero-order chi connectivity index (χ0) is 11.4. The lowest BCUT2D eigenvalue weighted by Crippen LogP contribution is -2.26. The van der Waals surface area contributed by atoms with Gasteiger partial charge in [-0.25, -0.2) is 9.18 Å². The molecule has 0 unspecified atom stereocenters. The highest BCUT2D eigenvalue weighted by atomic mass is 32.2. The normalized spacial score (nSPS) is 15.3. The predicted octanol–water partition coefficient (Wildman–Crippen LogP) is 2.37. The van der Waals surface area contributed by atoms with Crippen LogP contribution in [-0.2, 0) is 4.74 Å². The van der Waals surface area contributed by atoms with Crippen LogP contribution in [0, 0.1) is 5.82 Å². The molecule has 5 heteroatoms. The monoisotopic (exact) mass is 241 g/mol. The SMILES string of the molecule is O=C1OCCN1CCSc1ccccc1F. The van der Waals surface area contributed by atoms with Gasteiger partial charge in [-0.1, -0.05) is 12.1 Å². The van der Waals surface area contributed by atoms with Gasteiger partial charge in [0.1, 0.15) is 12.4 Å². The highest BCUT2D eigenvalue weighted by Crippen LogP contribution is 2.21. The van der Waals surface area contributed by atoms with E-state index in [1.165, 1.54) is 17.8 Å². The molecule has 86 valence electrons. The molecular formula is C11H12FNO2S. The van der Waals surface area contributed by atoms with Crippen molar-refractivity contribution in [1.29, 1.82) is 0 Å². The molecular weight excluding hydrogens is 229 g/mol. The Bertz CT molecular complexity index is 386. The minimum Gasteiger partial charge on any atom is -0.448 e. The first-order chi connectivity index (χ1) is 7.77. The number of carbonyl (C=O) groups excluding carboxylic acids is 1. The van der Waals surface area contributed by atoms with Gasteiger partial charge in [-0.3, -0.25) is 0 Å². The Kier molecular flexibility index (Phi) is 3.66. The third-order valence-electron chi connectivity index (χ3n) is 2.30. The van der Waals surface area contributed by atoms with Crippen LogP contribution in [-0.4, -0.2) is 36.4 Å². The Labute approximate surface area is 97.6 Å². The zero-order valence-electron chi connectivity index (χ0n) is 8.69. The van der Waals surface area contributed by atoms with Gasteiger partial charge in [0.15, 0.2) is 0 Å². The summed E-state index contributed by atoms with van der Waals surface area (Å²) in [5.74, 6) is 0.465. The van der Waals surface area contributed by atoms with Gasteiger partial charge in [0.2, 0.25) is 0 Å². The van der Waals surface area contributed by atoms with Crippen LogP contribution in [0.25, 0.3) is 0 Å².